The van der Waals surface area contributed by atoms with Gasteiger partial charge in [0, 0.05) is 19.1 Å². The largest absolute Gasteiger partial charge is 0.328 e. The van der Waals surface area contributed by atoms with Gasteiger partial charge in [0.1, 0.15) is 0 Å². The highest BCUT2D eigenvalue weighted by atomic mass is 19.3. The molecule has 0 unspecified atom stereocenters. The second kappa shape index (κ2) is 6.35. The number of halogens is 2. The van der Waals surface area contributed by atoms with Crippen LogP contribution < -0.4 is 5.73 Å². The highest BCUT2D eigenvalue weighted by Gasteiger charge is 2.16. The minimum Gasteiger partial charge on any atom is -0.328 e. The molecule has 5 heteroatoms. The van der Waals surface area contributed by atoms with Crippen LogP contribution in [0.3, 0.4) is 0 Å². The van der Waals surface area contributed by atoms with E-state index in [-0.39, 0.29) is 6.54 Å². The SMILES string of the molecule is CN(CCN1CCC(N)CC1)CC(F)F. The molecule has 90 valence electrons. The van der Waals surface area contributed by atoms with Gasteiger partial charge in [-0.1, -0.05) is 0 Å². The number of hydrogen-bond donors (Lipinski definition) is 1. The van der Waals surface area contributed by atoms with Crippen molar-refractivity contribution in [1.82, 2.24) is 9.80 Å². The highest BCUT2D eigenvalue weighted by molar-refractivity contribution is 4.74. The number of rotatable bonds is 5. The lowest BCUT2D eigenvalue weighted by atomic mass is 10.1. The van der Waals surface area contributed by atoms with Gasteiger partial charge in [0.2, 0.25) is 0 Å². The van der Waals surface area contributed by atoms with Crippen LogP contribution in [0.15, 0.2) is 0 Å². The number of likely N-dealkylation sites (tertiary alicyclic amines) is 1. The summed E-state index contributed by atoms with van der Waals surface area (Å²) in [4.78, 5) is 3.98. The summed E-state index contributed by atoms with van der Waals surface area (Å²) < 4.78 is 24.1. The predicted molar refractivity (Wildman–Crippen MR) is 57.2 cm³/mol. The maximum atomic E-state index is 12.0. The quantitative estimate of drug-likeness (QED) is 0.738. The van der Waals surface area contributed by atoms with E-state index >= 15 is 0 Å². The summed E-state index contributed by atoms with van der Waals surface area (Å²) >= 11 is 0. The molecule has 0 amide bonds. The van der Waals surface area contributed by atoms with Gasteiger partial charge in [0.15, 0.2) is 0 Å². The van der Waals surface area contributed by atoms with Gasteiger partial charge in [-0.2, -0.15) is 0 Å². The van der Waals surface area contributed by atoms with Crippen molar-refractivity contribution in [2.24, 2.45) is 5.73 Å². The Morgan fingerprint density at radius 2 is 2.00 bits per heavy atom. The topological polar surface area (TPSA) is 32.5 Å². The molecular weight excluding hydrogens is 200 g/mol. The first-order valence-electron chi connectivity index (χ1n) is 5.52. The lowest BCUT2D eigenvalue weighted by molar-refractivity contribution is 0.0919. The number of nitrogens with two attached hydrogens (primary N) is 1. The van der Waals surface area contributed by atoms with Crippen LogP contribution in [-0.2, 0) is 0 Å². The maximum absolute atomic E-state index is 12.0. The molecule has 1 heterocycles. The van der Waals surface area contributed by atoms with Crippen LogP contribution in [0.25, 0.3) is 0 Å². The molecule has 0 aromatic rings. The predicted octanol–water partition coefficient (Wildman–Crippen LogP) is 0.606. The van der Waals surface area contributed by atoms with E-state index in [0.29, 0.717) is 12.6 Å². The Labute approximate surface area is 90.2 Å². The molecular formula is C10H21F2N3. The molecule has 0 aromatic carbocycles. The normalized spacial score (nSPS) is 20.4. The molecule has 0 spiro atoms. The monoisotopic (exact) mass is 221 g/mol. The zero-order chi connectivity index (χ0) is 11.3. The Morgan fingerprint density at radius 1 is 1.40 bits per heavy atom. The molecule has 0 saturated carbocycles. The molecule has 1 saturated heterocycles. The van der Waals surface area contributed by atoms with E-state index < -0.39 is 6.43 Å². The number of nitrogens with zero attached hydrogens (tertiary/aromatic N) is 2. The fraction of sp³-hybridized carbons (Fsp3) is 1.00. The van der Waals surface area contributed by atoms with Crippen molar-refractivity contribution >= 4 is 0 Å². The molecule has 0 aliphatic carbocycles. The summed E-state index contributed by atoms with van der Waals surface area (Å²) in [5.41, 5.74) is 5.78. The van der Waals surface area contributed by atoms with Crippen molar-refractivity contribution in [2.75, 3.05) is 39.8 Å². The molecule has 15 heavy (non-hydrogen) atoms. The molecule has 0 bridgehead atoms. The van der Waals surface area contributed by atoms with Gasteiger partial charge < -0.3 is 10.6 Å². The standard InChI is InChI=1S/C10H21F2N3/c1-14(8-10(11)12)6-7-15-4-2-9(13)3-5-15/h9-10H,2-8,13H2,1H3. The van der Waals surface area contributed by atoms with Crippen molar-refractivity contribution in [2.45, 2.75) is 25.3 Å². The summed E-state index contributed by atoms with van der Waals surface area (Å²) in [6.07, 6.45) is -0.179. The average Bonchev–Trinajstić information content (AvgIpc) is 2.16. The molecule has 3 nitrogen and oxygen atoms in total. The minimum atomic E-state index is -2.23. The lowest BCUT2D eigenvalue weighted by Gasteiger charge is -2.31. The Hall–Kier alpha value is -0.260. The Kier molecular flexibility index (Phi) is 5.42. The van der Waals surface area contributed by atoms with Gasteiger partial charge in [-0.15, -0.1) is 0 Å². The molecule has 1 fully saturated rings. The molecule has 0 atom stereocenters. The van der Waals surface area contributed by atoms with E-state index in [0.717, 1.165) is 32.5 Å². The number of piperidine rings is 1. The summed E-state index contributed by atoms with van der Waals surface area (Å²) in [5.74, 6) is 0. The number of likely N-dealkylation sites (N-methyl/N-ethyl adjacent to an activating group) is 1. The Morgan fingerprint density at radius 3 is 2.53 bits per heavy atom. The average molecular weight is 221 g/mol. The first-order valence-corrected chi connectivity index (χ1v) is 5.52. The van der Waals surface area contributed by atoms with Crippen LogP contribution in [0.1, 0.15) is 12.8 Å². The van der Waals surface area contributed by atoms with Crippen LogP contribution in [-0.4, -0.2) is 62.0 Å². The smallest absolute Gasteiger partial charge is 0.251 e. The van der Waals surface area contributed by atoms with Crippen LogP contribution in [0.5, 0.6) is 0 Å². The Balaban J connectivity index is 2.09. The van der Waals surface area contributed by atoms with Crippen molar-refractivity contribution < 1.29 is 8.78 Å². The second-order valence-corrected chi connectivity index (χ2v) is 4.33. The van der Waals surface area contributed by atoms with E-state index in [1.807, 2.05) is 0 Å². The molecule has 0 radical (unpaired) electrons. The Bertz CT molecular complexity index is 170. The molecule has 1 rings (SSSR count). The van der Waals surface area contributed by atoms with Crippen molar-refractivity contribution in [3.8, 4) is 0 Å². The van der Waals surface area contributed by atoms with E-state index in [1.54, 1.807) is 11.9 Å². The second-order valence-electron chi connectivity index (χ2n) is 4.33. The summed E-state index contributed by atoms with van der Waals surface area (Å²) in [6.45, 7) is 3.45. The van der Waals surface area contributed by atoms with E-state index in [4.69, 9.17) is 5.73 Å². The molecule has 1 aliphatic heterocycles. The van der Waals surface area contributed by atoms with Gasteiger partial charge in [-0.05, 0) is 33.0 Å². The summed E-state index contributed by atoms with van der Waals surface area (Å²) in [7, 11) is 1.74. The van der Waals surface area contributed by atoms with Gasteiger partial charge in [-0.3, -0.25) is 4.90 Å². The van der Waals surface area contributed by atoms with Crippen LogP contribution >= 0.6 is 0 Å². The zero-order valence-electron chi connectivity index (χ0n) is 9.33. The van der Waals surface area contributed by atoms with Gasteiger partial charge in [0.25, 0.3) is 6.43 Å². The van der Waals surface area contributed by atoms with Crippen molar-refractivity contribution in [3.05, 3.63) is 0 Å². The third-order valence-electron chi connectivity index (χ3n) is 2.88. The minimum absolute atomic E-state index is 0.132. The van der Waals surface area contributed by atoms with Crippen LogP contribution in [0, 0.1) is 0 Å². The fourth-order valence-corrected chi connectivity index (χ4v) is 1.82. The summed E-state index contributed by atoms with van der Waals surface area (Å²) in [5, 5.41) is 0. The van der Waals surface area contributed by atoms with E-state index in [2.05, 4.69) is 4.90 Å². The van der Waals surface area contributed by atoms with Crippen LogP contribution in [0.4, 0.5) is 8.78 Å². The highest BCUT2D eigenvalue weighted by Crippen LogP contribution is 2.07. The van der Waals surface area contributed by atoms with Crippen LogP contribution in [0.2, 0.25) is 0 Å². The van der Waals surface area contributed by atoms with Crippen molar-refractivity contribution in [3.63, 3.8) is 0 Å². The van der Waals surface area contributed by atoms with Gasteiger partial charge in [0.05, 0.1) is 6.54 Å². The fourth-order valence-electron chi connectivity index (χ4n) is 1.82. The van der Waals surface area contributed by atoms with Crippen molar-refractivity contribution in [1.29, 1.82) is 0 Å². The maximum Gasteiger partial charge on any atom is 0.251 e. The third kappa shape index (κ3) is 5.39. The zero-order valence-corrected chi connectivity index (χ0v) is 9.33. The molecule has 1 aliphatic rings. The number of alkyl halides is 2. The molecule has 0 aromatic heterocycles. The van der Waals surface area contributed by atoms with E-state index in [1.165, 1.54) is 0 Å². The van der Waals surface area contributed by atoms with Gasteiger partial charge in [-0.25, -0.2) is 8.78 Å². The third-order valence-corrected chi connectivity index (χ3v) is 2.88. The first kappa shape index (κ1) is 12.8. The lowest BCUT2D eigenvalue weighted by Crippen LogP contribution is -2.43. The first-order chi connectivity index (χ1) is 7.08. The van der Waals surface area contributed by atoms with E-state index in [9.17, 15) is 8.78 Å². The number of hydrogen-bond acceptors (Lipinski definition) is 3. The van der Waals surface area contributed by atoms with Gasteiger partial charge >= 0.3 is 0 Å². The molecule has 2 N–H and O–H groups in total. The summed E-state index contributed by atoms with van der Waals surface area (Å²) in [6, 6.07) is 0.333.